The summed E-state index contributed by atoms with van der Waals surface area (Å²) in [4.78, 5) is 14.8. The molecule has 2 atom stereocenters. The normalized spacial score (nSPS) is 15.3. The van der Waals surface area contributed by atoms with Gasteiger partial charge in [-0.25, -0.2) is 4.98 Å². The van der Waals surface area contributed by atoms with Crippen LogP contribution in [-0.4, -0.2) is 15.5 Å². The van der Waals surface area contributed by atoms with Gasteiger partial charge in [0.05, 0.1) is 12.0 Å². The van der Waals surface area contributed by atoms with Crippen LogP contribution in [0.4, 0.5) is 0 Å². The highest BCUT2D eigenvalue weighted by atomic mass is 16.1. The Balaban J connectivity index is 3.00. The van der Waals surface area contributed by atoms with Crippen molar-refractivity contribution in [1.29, 1.82) is 0 Å². The van der Waals surface area contributed by atoms with Crippen LogP contribution in [0.3, 0.4) is 0 Å². The number of hydrogen-bond donors (Lipinski definition) is 2. The minimum atomic E-state index is -0.400. The molecule has 1 aromatic rings. The van der Waals surface area contributed by atoms with Gasteiger partial charge in [0.15, 0.2) is 0 Å². The predicted octanol–water partition coefficient (Wildman–Crippen LogP) is -0.0509. The van der Waals surface area contributed by atoms with Crippen LogP contribution in [0.25, 0.3) is 0 Å². The lowest BCUT2D eigenvalue weighted by atomic mass is 10.2. The Kier molecular flexibility index (Phi) is 2.67. The van der Waals surface area contributed by atoms with Crippen LogP contribution in [0.15, 0.2) is 12.5 Å². The van der Waals surface area contributed by atoms with Gasteiger partial charge in [-0.2, -0.15) is 0 Å². The van der Waals surface area contributed by atoms with Gasteiger partial charge in [-0.1, -0.05) is 0 Å². The molecule has 5 nitrogen and oxygen atoms in total. The molecule has 13 heavy (non-hydrogen) atoms. The third kappa shape index (κ3) is 1.86. The average Bonchev–Trinajstić information content (AvgIpc) is 2.50. The molecule has 1 aromatic heterocycles. The van der Waals surface area contributed by atoms with E-state index in [-0.39, 0.29) is 11.9 Å². The van der Waals surface area contributed by atoms with Crippen molar-refractivity contribution in [3.8, 4) is 0 Å². The van der Waals surface area contributed by atoms with E-state index in [0.717, 1.165) is 5.69 Å². The molecule has 0 bridgehead atoms. The number of amides is 1. The number of primary amides is 1. The molecular weight excluding hydrogens is 168 g/mol. The van der Waals surface area contributed by atoms with Crippen LogP contribution in [0.1, 0.15) is 31.6 Å². The number of hydrogen-bond acceptors (Lipinski definition) is 3. The third-order valence-electron chi connectivity index (χ3n) is 1.99. The van der Waals surface area contributed by atoms with Gasteiger partial charge >= 0.3 is 0 Å². The van der Waals surface area contributed by atoms with Gasteiger partial charge in [-0.15, -0.1) is 0 Å². The molecular formula is C8H14N4O. The maximum absolute atomic E-state index is 10.9. The second-order valence-corrected chi connectivity index (χ2v) is 3.09. The lowest BCUT2D eigenvalue weighted by Gasteiger charge is -2.14. The molecule has 4 N–H and O–H groups in total. The second-order valence-electron chi connectivity index (χ2n) is 3.09. The Morgan fingerprint density at radius 1 is 1.62 bits per heavy atom. The predicted molar refractivity (Wildman–Crippen MR) is 48.7 cm³/mol. The Labute approximate surface area is 76.7 Å². The summed E-state index contributed by atoms with van der Waals surface area (Å²) < 4.78 is 1.69. The highest BCUT2D eigenvalue weighted by Crippen LogP contribution is 2.14. The van der Waals surface area contributed by atoms with Crippen LogP contribution >= 0.6 is 0 Å². The molecule has 0 aliphatic carbocycles. The largest absolute Gasteiger partial charge is 0.368 e. The molecule has 1 amide bonds. The summed E-state index contributed by atoms with van der Waals surface area (Å²) in [5.41, 5.74) is 11.7. The second kappa shape index (κ2) is 3.57. The van der Waals surface area contributed by atoms with E-state index in [2.05, 4.69) is 4.98 Å². The van der Waals surface area contributed by atoms with Crippen molar-refractivity contribution in [3.63, 3.8) is 0 Å². The summed E-state index contributed by atoms with van der Waals surface area (Å²) in [6.45, 7) is 3.55. The van der Waals surface area contributed by atoms with Crippen LogP contribution < -0.4 is 11.5 Å². The molecule has 0 aliphatic rings. The Morgan fingerprint density at radius 3 is 2.69 bits per heavy atom. The van der Waals surface area contributed by atoms with E-state index >= 15 is 0 Å². The van der Waals surface area contributed by atoms with Crippen LogP contribution in [-0.2, 0) is 4.79 Å². The number of rotatable bonds is 3. The molecule has 0 aromatic carbocycles. The number of imidazole rings is 1. The van der Waals surface area contributed by atoms with Crippen molar-refractivity contribution >= 4 is 5.91 Å². The third-order valence-corrected chi connectivity index (χ3v) is 1.99. The number of nitrogens with zero attached hydrogens (tertiary/aromatic N) is 2. The summed E-state index contributed by atoms with van der Waals surface area (Å²) in [5, 5.41) is 0. The number of nitrogens with two attached hydrogens (primary N) is 2. The molecule has 0 radical (unpaired) electrons. The minimum Gasteiger partial charge on any atom is -0.368 e. The Hall–Kier alpha value is -1.36. The average molecular weight is 182 g/mol. The topological polar surface area (TPSA) is 86.9 Å². The molecule has 0 saturated heterocycles. The summed E-state index contributed by atoms with van der Waals surface area (Å²) in [7, 11) is 0. The van der Waals surface area contributed by atoms with E-state index in [1.54, 1.807) is 24.0 Å². The van der Waals surface area contributed by atoms with Gasteiger partial charge < -0.3 is 16.0 Å². The van der Waals surface area contributed by atoms with Gasteiger partial charge in [0.25, 0.3) is 0 Å². The smallest absolute Gasteiger partial charge is 0.240 e. The van der Waals surface area contributed by atoms with Gasteiger partial charge in [0.1, 0.15) is 6.04 Å². The van der Waals surface area contributed by atoms with Gasteiger partial charge in [-0.05, 0) is 13.8 Å². The zero-order chi connectivity index (χ0) is 10.0. The van der Waals surface area contributed by atoms with Gasteiger partial charge in [0.2, 0.25) is 5.91 Å². The van der Waals surface area contributed by atoms with E-state index in [0.29, 0.717) is 0 Å². The summed E-state index contributed by atoms with van der Waals surface area (Å²) >= 11 is 0. The molecule has 1 heterocycles. The van der Waals surface area contributed by atoms with Crippen molar-refractivity contribution in [3.05, 3.63) is 18.2 Å². The molecule has 1 rings (SSSR count). The van der Waals surface area contributed by atoms with Crippen molar-refractivity contribution in [1.82, 2.24) is 9.55 Å². The minimum absolute atomic E-state index is 0.149. The van der Waals surface area contributed by atoms with E-state index in [1.807, 2.05) is 6.92 Å². The fourth-order valence-corrected chi connectivity index (χ4v) is 1.13. The lowest BCUT2D eigenvalue weighted by molar-refractivity contribution is -0.120. The fourth-order valence-electron chi connectivity index (χ4n) is 1.13. The SMILES string of the molecule is CC(C(N)=O)n1cncc1[C@@H](C)N. The highest BCUT2D eigenvalue weighted by Gasteiger charge is 2.15. The molecule has 0 spiro atoms. The summed E-state index contributed by atoms with van der Waals surface area (Å²) in [6, 6.07) is -0.548. The van der Waals surface area contributed by atoms with Crippen molar-refractivity contribution in [2.45, 2.75) is 25.9 Å². The zero-order valence-corrected chi connectivity index (χ0v) is 7.77. The molecule has 0 fully saturated rings. The van der Waals surface area contributed by atoms with E-state index in [9.17, 15) is 4.79 Å². The van der Waals surface area contributed by atoms with Gasteiger partial charge in [-0.3, -0.25) is 4.79 Å². The first-order valence-electron chi connectivity index (χ1n) is 4.10. The molecule has 1 unspecified atom stereocenters. The highest BCUT2D eigenvalue weighted by molar-refractivity contribution is 5.78. The lowest BCUT2D eigenvalue weighted by Crippen LogP contribution is -2.26. The van der Waals surface area contributed by atoms with Crippen molar-refractivity contribution in [2.75, 3.05) is 0 Å². The first kappa shape index (κ1) is 9.73. The Morgan fingerprint density at radius 2 is 2.23 bits per heavy atom. The zero-order valence-electron chi connectivity index (χ0n) is 7.77. The van der Waals surface area contributed by atoms with Crippen molar-refractivity contribution < 1.29 is 4.79 Å². The quantitative estimate of drug-likeness (QED) is 0.687. The first-order valence-corrected chi connectivity index (χ1v) is 4.10. The summed E-state index contributed by atoms with van der Waals surface area (Å²) in [6.07, 6.45) is 3.21. The maximum Gasteiger partial charge on any atom is 0.240 e. The fraction of sp³-hybridized carbons (Fsp3) is 0.500. The molecule has 0 saturated carbocycles. The van der Waals surface area contributed by atoms with Crippen molar-refractivity contribution in [2.24, 2.45) is 11.5 Å². The molecule has 72 valence electrons. The van der Waals surface area contributed by atoms with Crippen LogP contribution in [0.5, 0.6) is 0 Å². The van der Waals surface area contributed by atoms with E-state index < -0.39 is 6.04 Å². The van der Waals surface area contributed by atoms with E-state index in [4.69, 9.17) is 11.5 Å². The maximum atomic E-state index is 10.9. The standard InChI is InChI=1S/C8H14N4O/c1-5(9)7-3-11-4-12(7)6(2)8(10)13/h3-6H,9H2,1-2H3,(H2,10,13)/t5-,6?/m1/s1. The first-order chi connectivity index (χ1) is 6.04. The number of aromatic nitrogens is 2. The monoisotopic (exact) mass is 182 g/mol. The van der Waals surface area contributed by atoms with Gasteiger partial charge in [0, 0.05) is 12.2 Å². The van der Waals surface area contributed by atoms with Crippen LogP contribution in [0, 0.1) is 0 Å². The summed E-state index contributed by atoms with van der Waals surface area (Å²) in [5.74, 6) is -0.389. The Bertz CT molecular complexity index is 305. The van der Waals surface area contributed by atoms with Crippen LogP contribution in [0.2, 0.25) is 0 Å². The van der Waals surface area contributed by atoms with E-state index in [1.165, 1.54) is 0 Å². The molecule has 5 heteroatoms. The molecule has 0 aliphatic heterocycles. The number of carbonyl (C=O) groups excluding carboxylic acids is 1. The number of carbonyl (C=O) groups is 1.